The van der Waals surface area contributed by atoms with Crippen LogP contribution in [-0.4, -0.2) is 20.5 Å². The summed E-state index contributed by atoms with van der Waals surface area (Å²) in [5.74, 6) is -1.29. The molecular weight excluding hydrogens is 259 g/mol. The topological polar surface area (TPSA) is 54.6 Å². The molecule has 0 spiro atoms. The predicted octanol–water partition coefficient (Wildman–Crippen LogP) is 3.15. The number of hydrogen-bond acceptors (Lipinski definition) is 2. The summed E-state index contributed by atoms with van der Waals surface area (Å²) in [5.41, 5.74) is 2.52. The molecule has 0 atom stereocenters. The number of halogens is 1. The van der Waals surface area contributed by atoms with Crippen LogP contribution in [0.1, 0.15) is 15.9 Å². The van der Waals surface area contributed by atoms with Gasteiger partial charge in [0.25, 0.3) is 0 Å². The number of nitrogens with zero attached hydrogens (tertiary/aromatic N) is 2. The molecule has 0 aliphatic heterocycles. The number of carbonyl (C=O) groups is 1. The first kappa shape index (κ1) is 12.3. The zero-order valence-corrected chi connectivity index (χ0v) is 10.7. The molecule has 2 heterocycles. The highest BCUT2D eigenvalue weighted by Gasteiger charge is 2.09. The van der Waals surface area contributed by atoms with Crippen molar-refractivity contribution in [3.63, 3.8) is 0 Å². The number of aromatic carboxylic acids is 1. The van der Waals surface area contributed by atoms with Crippen molar-refractivity contribution < 1.29 is 14.3 Å². The highest BCUT2D eigenvalue weighted by molar-refractivity contribution is 5.88. The normalized spacial score (nSPS) is 10.9. The number of pyridine rings is 1. The van der Waals surface area contributed by atoms with Crippen LogP contribution < -0.4 is 0 Å². The van der Waals surface area contributed by atoms with E-state index in [1.807, 2.05) is 0 Å². The minimum atomic E-state index is -1.00. The van der Waals surface area contributed by atoms with Crippen LogP contribution in [0, 0.1) is 12.7 Å². The summed E-state index contributed by atoms with van der Waals surface area (Å²) in [6.45, 7) is 1.70. The molecule has 0 saturated heterocycles. The van der Waals surface area contributed by atoms with Gasteiger partial charge >= 0.3 is 5.97 Å². The molecule has 1 N–H and O–H groups in total. The van der Waals surface area contributed by atoms with Crippen LogP contribution in [-0.2, 0) is 0 Å². The Morgan fingerprint density at radius 3 is 2.80 bits per heavy atom. The lowest BCUT2D eigenvalue weighted by molar-refractivity contribution is 0.0697. The summed E-state index contributed by atoms with van der Waals surface area (Å²) in [4.78, 5) is 15.2. The van der Waals surface area contributed by atoms with Crippen molar-refractivity contribution >= 4 is 11.6 Å². The van der Waals surface area contributed by atoms with Gasteiger partial charge in [0.2, 0.25) is 0 Å². The van der Waals surface area contributed by atoms with Gasteiger partial charge in [-0.15, -0.1) is 0 Å². The fourth-order valence-corrected chi connectivity index (χ4v) is 2.01. The molecule has 4 nitrogen and oxygen atoms in total. The van der Waals surface area contributed by atoms with E-state index in [-0.39, 0.29) is 11.4 Å². The first-order chi connectivity index (χ1) is 9.54. The van der Waals surface area contributed by atoms with Crippen LogP contribution in [0.3, 0.4) is 0 Å². The fourth-order valence-electron chi connectivity index (χ4n) is 2.01. The Kier molecular flexibility index (Phi) is 2.75. The molecule has 0 radical (unpaired) electrons. The molecule has 0 fully saturated rings. The number of rotatable bonds is 2. The van der Waals surface area contributed by atoms with Crippen molar-refractivity contribution in [3.05, 3.63) is 59.7 Å². The number of hydrogen-bond donors (Lipinski definition) is 1. The number of aryl methyl sites for hydroxylation is 1. The largest absolute Gasteiger partial charge is 0.478 e. The van der Waals surface area contributed by atoms with Crippen molar-refractivity contribution in [1.29, 1.82) is 0 Å². The van der Waals surface area contributed by atoms with Gasteiger partial charge in [-0.1, -0.05) is 12.1 Å². The van der Waals surface area contributed by atoms with Crippen molar-refractivity contribution in [3.8, 4) is 11.3 Å². The lowest BCUT2D eigenvalue weighted by atomic mass is 10.1. The second-order valence-corrected chi connectivity index (χ2v) is 4.58. The minimum Gasteiger partial charge on any atom is -0.478 e. The number of benzene rings is 1. The molecule has 3 rings (SSSR count). The SMILES string of the molecule is Cc1ccc(-c2cn3ccc(C(=O)O)cc3n2)cc1F. The van der Waals surface area contributed by atoms with E-state index in [1.165, 1.54) is 18.2 Å². The van der Waals surface area contributed by atoms with Gasteiger partial charge in [-0.05, 0) is 30.7 Å². The van der Waals surface area contributed by atoms with Crippen LogP contribution in [0.25, 0.3) is 16.9 Å². The molecule has 3 aromatic rings. The number of imidazole rings is 1. The first-order valence-corrected chi connectivity index (χ1v) is 6.03. The standard InChI is InChI=1S/C15H11FN2O2/c1-9-2-3-10(6-12(9)16)13-8-18-5-4-11(15(19)20)7-14(18)17-13/h2-8H,1H3,(H,19,20). The highest BCUT2D eigenvalue weighted by Crippen LogP contribution is 2.22. The fraction of sp³-hybridized carbons (Fsp3) is 0.0667. The van der Waals surface area contributed by atoms with E-state index in [9.17, 15) is 9.18 Å². The number of fused-ring (bicyclic) bond motifs is 1. The van der Waals surface area contributed by atoms with Gasteiger partial charge < -0.3 is 9.51 Å². The minimum absolute atomic E-state index is 0.171. The molecular formula is C15H11FN2O2. The number of carboxylic acids is 1. The molecule has 1 aromatic carbocycles. The number of carboxylic acid groups (broad SMARTS) is 1. The summed E-state index contributed by atoms with van der Waals surface area (Å²) >= 11 is 0. The number of aromatic nitrogens is 2. The average Bonchev–Trinajstić information content (AvgIpc) is 2.84. The maximum absolute atomic E-state index is 13.6. The molecule has 5 heteroatoms. The Morgan fingerprint density at radius 2 is 2.10 bits per heavy atom. The Morgan fingerprint density at radius 1 is 1.30 bits per heavy atom. The highest BCUT2D eigenvalue weighted by atomic mass is 19.1. The first-order valence-electron chi connectivity index (χ1n) is 6.03. The zero-order valence-electron chi connectivity index (χ0n) is 10.7. The zero-order chi connectivity index (χ0) is 14.3. The summed E-state index contributed by atoms with van der Waals surface area (Å²) in [6.07, 6.45) is 3.37. The van der Waals surface area contributed by atoms with Crippen molar-refractivity contribution in [2.24, 2.45) is 0 Å². The van der Waals surface area contributed by atoms with Gasteiger partial charge in [0.15, 0.2) is 0 Å². The summed E-state index contributed by atoms with van der Waals surface area (Å²) in [5, 5.41) is 8.95. The van der Waals surface area contributed by atoms with Gasteiger partial charge in [-0.2, -0.15) is 0 Å². The van der Waals surface area contributed by atoms with E-state index in [1.54, 1.807) is 35.9 Å². The smallest absolute Gasteiger partial charge is 0.335 e. The van der Waals surface area contributed by atoms with Gasteiger partial charge in [-0.25, -0.2) is 14.2 Å². The van der Waals surface area contributed by atoms with Crippen molar-refractivity contribution in [2.75, 3.05) is 0 Å². The molecule has 0 unspecified atom stereocenters. The lowest BCUT2D eigenvalue weighted by Crippen LogP contribution is -1.96. The molecule has 100 valence electrons. The maximum atomic E-state index is 13.6. The molecule has 20 heavy (non-hydrogen) atoms. The molecule has 0 amide bonds. The van der Waals surface area contributed by atoms with Gasteiger partial charge in [0, 0.05) is 18.0 Å². The average molecular weight is 270 g/mol. The van der Waals surface area contributed by atoms with E-state index < -0.39 is 5.97 Å². The Hall–Kier alpha value is -2.69. The van der Waals surface area contributed by atoms with Gasteiger partial charge in [-0.3, -0.25) is 0 Å². The lowest BCUT2D eigenvalue weighted by Gasteiger charge is -1.99. The van der Waals surface area contributed by atoms with E-state index in [0.29, 0.717) is 22.5 Å². The van der Waals surface area contributed by atoms with Crippen LogP contribution in [0.5, 0.6) is 0 Å². The Bertz CT molecular complexity index is 824. The third-order valence-corrected chi connectivity index (χ3v) is 3.17. The Labute approximate surface area is 114 Å². The van der Waals surface area contributed by atoms with Gasteiger partial charge in [0.05, 0.1) is 11.3 Å². The third kappa shape index (κ3) is 2.03. The van der Waals surface area contributed by atoms with Crippen LogP contribution in [0.15, 0.2) is 42.7 Å². The van der Waals surface area contributed by atoms with Crippen molar-refractivity contribution in [2.45, 2.75) is 6.92 Å². The molecule has 2 aromatic heterocycles. The maximum Gasteiger partial charge on any atom is 0.335 e. The molecule has 0 aliphatic rings. The van der Waals surface area contributed by atoms with E-state index in [2.05, 4.69) is 4.98 Å². The summed E-state index contributed by atoms with van der Waals surface area (Å²) in [7, 11) is 0. The van der Waals surface area contributed by atoms with Gasteiger partial charge in [0.1, 0.15) is 11.5 Å². The third-order valence-electron chi connectivity index (χ3n) is 3.17. The van der Waals surface area contributed by atoms with Crippen LogP contribution in [0.2, 0.25) is 0 Å². The second-order valence-electron chi connectivity index (χ2n) is 4.58. The molecule has 0 aliphatic carbocycles. The van der Waals surface area contributed by atoms with Crippen LogP contribution in [0.4, 0.5) is 4.39 Å². The Balaban J connectivity index is 2.12. The molecule has 0 saturated carbocycles. The predicted molar refractivity (Wildman–Crippen MR) is 72.3 cm³/mol. The van der Waals surface area contributed by atoms with Crippen LogP contribution >= 0.6 is 0 Å². The quantitative estimate of drug-likeness (QED) is 0.778. The van der Waals surface area contributed by atoms with Crippen molar-refractivity contribution in [1.82, 2.24) is 9.38 Å². The van der Waals surface area contributed by atoms with E-state index >= 15 is 0 Å². The van der Waals surface area contributed by atoms with E-state index in [0.717, 1.165) is 0 Å². The molecule has 0 bridgehead atoms. The van der Waals surface area contributed by atoms with E-state index in [4.69, 9.17) is 5.11 Å². The summed E-state index contributed by atoms with van der Waals surface area (Å²) < 4.78 is 15.3. The summed E-state index contributed by atoms with van der Waals surface area (Å²) in [6, 6.07) is 7.89. The second kappa shape index (κ2) is 4.45. The monoisotopic (exact) mass is 270 g/mol.